The fourth-order valence-corrected chi connectivity index (χ4v) is 6.95. The molecule has 0 bridgehead atoms. The van der Waals surface area contributed by atoms with Crippen LogP contribution in [-0.2, 0) is 0 Å². The van der Waals surface area contributed by atoms with E-state index in [1.807, 2.05) is 36.5 Å². The van der Waals surface area contributed by atoms with Gasteiger partial charge in [-0.15, -0.1) is 0 Å². The van der Waals surface area contributed by atoms with E-state index in [4.69, 9.17) is 9.97 Å². The van der Waals surface area contributed by atoms with Gasteiger partial charge >= 0.3 is 0 Å². The highest BCUT2D eigenvalue weighted by atomic mass is 14.9. The standard InChI is InChI=1S/C45H29N3/c1-2-13-30(14-3-1)43-28-44(48-45(47-43)32-15-12-26-46-29-32)31-24-25-41-39-22-9-8-20-37(39)35-18-5-4-16-33(35)34-17-6-7-19-36(34)38-21-10-11-23-40(38)42(41)27-31/h1-29H. The summed E-state index contributed by atoms with van der Waals surface area (Å²) in [6.45, 7) is 0. The third kappa shape index (κ3) is 4.81. The van der Waals surface area contributed by atoms with Crippen LogP contribution in [0.2, 0.25) is 0 Å². The molecule has 0 radical (unpaired) electrons. The lowest BCUT2D eigenvalue weighted by Crippen LogP contribution is -1.96. The maximum atomic E-state index is 5.14. The van der Waals surface area contributed by atoms with Gasteiger partial charge in [-0.2, -0.15) is 0 Å². The van der Waals surface area contributed by atoms with Crippen molar-refractivity contribution in [2.24, 2.45) is 0 Å². The lowest BCUT2D eigenvalue weighted by Gasteiger charge is -2.12. The maximum Gasteiger partial charge on any atom is 0.161 e. The number of fused-ring (bicyclic) bond motifs is 10. The van der Waals surface area contributed by atoms with Crippen molar-refractivity contribution in [3.05, 3.63) is 176 Å². The van der Waals surface area contributed by atoms with Crippen LogP contribution in [0.25, 0.3) is 87.8 Å². The molecule has 9 rings (SSSR count). The van der Waals surface area contributed by atoms with Crippen molar-refractivity contribution in [1.82, 2.24) is 15.0 Å². The lowest BCUT2D eigenvalue weighted by atomic mass is 9.93. The van der Waals surface area contributed by atoms with Gasteiger partial charge in [0.1, 0.15) is 0 Å². The highest BCUT2D eigenvalue weighted by Crippen LogP contribution is 2.37. The number of aromatic nitrogens is 3. The Kier molecular flexibility index (Phi) is 6.80. The molecule has 48 heavy (non-hydrogen) atoms. The number of pyridine rings is 1. The zero-order chi connectivity index (χ0) is 31.9. The fraction of sp³-hybridized carbons (Fsp3) is 0. The Bertz CT molecular complexity index is 2590. The molecule has 0 saturated heterocycles. The van der Waals surface area contributed by atoms with Gasteiger partial charge in [-0.1, -0.05) is 140 Å². The van der Waals surface area contributed by atoms with E-state index < -0.39 is 0 Å². The smallest absolute Gasteiger partial charge is 0.161 e. The Morgan fingerprint density at radius 2 is 0.708 bits per heavy atom. The summed E-state index contributed by atoms with van der Waals surface area (Å²) in [5.74, 6) is 0.649. The summed E-state index contributed by atoms with van der Waals surface area (Å²) in [7, 11) is 0. The molecule has 0 amide bonds. The Morgan fingerprint density at radius 3 is 1.19 bits per heavy atom. The van der Waals surface area contributed by atoms with E-state index in [0.29, 0.717) is 5.82 Å². The van der Waals surface area contributed by atoms with Crippen molar-refractivity contribution in [1.29, 1.82) is 0 Å². The molecule has 0 N–H and O–H groups in total. The lowest BCUT2D eigenvalue weighted by molar-refractivity contribution is 1.17. The molecule has 0 aliphatic carbocycles. The van der Waals surface area contributed by atoms with Gasteiger partial charge in [-0.3, -0.25) is 4.98 Å². The topological polar surface area (TPSA) is 38.7 Å². The second-order valence-corrected chi connectivity index (χ2v) is 12.0. The van der Waals surface area contributed by atoms with Crippen molar-refractivity contribution >= 4 is 53.9 Å². The van der Waals surface area contributed by atoms with Gasteiger partial charge in [0.25, 0.3) is 0 Å². The minimum atomic E-state index is 0.649. The molecule has 0 saturated carbocycles. The molecule has 2 heterocycles. The van der Waals surface area contributed by atoms with Gasteiger partial charge in [0.15, 0.2) is 5.82 Å². The average molecular weight is 612 g/mol. The summed E-state index contributed by atoms with van der Waals surface area (Å²) in [5.41, 5.74) is 4.68. The van der Waals surface area contributed by atoms with Crippen LogP contribution in [0.1, 0.15) is 0 Å². The Labute approximate surface area is 278 Å². The van der Waals surface area contributed by atoms with Crippen LogP contribution in [0.15, 0.2) is 176 Å². The van der Waals surface area contributed by atoms with Crippen LogP contribution in [0.3, 0.4) is 0 Å². The summed E-state index contributed by atoms with van der Waals surface area (Å²) < 4.78 is 0. The minimum Gasteiger partial charge on any atom is -0.264 e. The maximum absolute atomic E-state index is 5.14. The highest BCUT2D eigenvalue weighted by molar-refractivity contribution is 6.26. The third-order valence-electron chi connectivity index (χ3n) is 9.19. The van der Waals surface area contributed by atoms with Crippen molar-refractivity contribution in [2.75, 3.05) is 0 Å². The first-order chi connectivity index (χ1) is 23.8. The van der Waals surface area contributed by atoms with Crippen molar-refractivity contribution < 1.29 is 0 Å². The normalized spacial score (nSPS) is 11.3. The van der Waals surface area contributed by atoms with Gasteiger partial charge in [-0.05, 0) is 78.1 Å². The van der Waals surface area contributed by atoms with E-state index in [2.05, 4.69) is 138 Å². The van der Waals surface area contributed by atoms with Crippen LogP contribution in [-0.4, -0.2) is 15.0 Å². The zero-order valence-corrected chi connectivity index (χ0v) is 26.1. The zero-order valence-electron chi connectivity index (χ0n) is 26.1. The van der Waals surface area contributed by atoms with Crippen LogP contribution >= 0.6 is 0 Å². The van der Waals surface area contributed by atoms with Gasteiger partial charge < -0.3 is 0 Å². The fourth-order valence-electron chi connectivity index (χ4n) is 6.95. The summed E-state index contributed by atoms with van der Waals surface area (Å²) >= 11 is 0. The molecular formula is C45H29N3. The van der Waals surface area contributed by atoms with Crippen LogP contribution in [0, 0.1) is 0 Å². The second-order valence-electron chi connectivity index (χ2n) is 12.0. The average Bonchev–Trinajstić information content (AvgIpc) is 3.18. The quantitative estimate of drug-likeness (QED) is 0.199. The molecule has 0 aliphatic rings. The van der Waals surface area contributed by atoms with E-state index in [9.17, 15) is 0 Å². The number of benzene rings is 6. The third-order valence-corrected chi connectivity index (χ3v) is 9.19. The number of nitrogens with zero attached hydrogens (tertiary/aromatic N) is 3. The predicted octanol–water partition coefficient (Wildman–Crippen LogP) is 11.8. The van der Waals surface area contributed by atoms with E-state index in [-0.39, 0.29) is 0 Å². The molecular weight excluding hydrogens is 583 g/mol. The first-order valence-electron chi connectivity index (χ1n) is 16.2. The Hall–Kier alpha value is -6.45. The molecule has 7 aromatic carbocycles. The van der Waals surface area contributed by atoms with E-state index in [0.717, 1.165) is 33.5 Å². The van der Waals surface area contributed by atoms with E-state index in [1.54, 1.807) is 6.20 Å². The van der Waals surface area contributed by atoms with Crippen LogP contribution in [0.4, 0.5) is 0 Å². The molecule has 224 valence electrons. The molecule has 0 fully saturated rings. The van der Waals surface area contributed by atoms with Gasteiger partial charge in [0, 0.05) is 29.1 Å². The largest absolute Gasteiger partial charge is 0.264 e. The van der Waals surface area contributed by atoms with E-state index in [1.165, 1.54) is 48.5 Å². The van der Waals surface area contributed by atoms with Crippen molar-refractivity contribution in [3.63, 3.8) is 0 Å². The van der Waals surface area contributed by atoms with Gasteiger partial charge in [0.2, 0.25) is 0 Å². The number of hydrogen-bond donors (Lipinski definition) is 0. The minimum absolute atomic E-state index is 0.649. The number of hydrogen-bond acceptors (Lipinski definition) is 3. The van der Waals surface area contributed by atoms with E-state index >= 15 is 0 Å². The molecule has 0 unspecified atom stereocenters. The van der Waals surface area contributed by atoms with Gasteiger partial charge in [-0.25, -0.2) is 9.97 Å². The summed E-state index contributed by atoms with van der Waals surface area (Å²) in [4.78, 5) is 14.5. The van der Waals surface area contributed by atoms with Gasteiger partial charge in [0.05, 0.1) is 11.4 Å². The second kappa shape index (κ2) is 11.7. The summed E-state index contributed by atoms with van der Waals surface area (Å²) in [6, 6.07) is 58.2. The van der Waals surface area contributed by atoms with Crippen molar-refractivity contribution in [3.8, 4) is 33.9 Å². The SMILES string of the molecule is c1ccc(-c2cc(-c3ccc4c5ccccc5c5ccccc5c5ccccc5c5ccccc5c4c3)nc(-c3cccnc3)n2)cc1. The monoisotopic (exact) mass is 611 g/mol. The Balaban J connectivity index is 1.45. The number of rotatable bonds is 3. The molecule has 3 nitrogen and oxygen atoms in total. The molecule has 0 spiro atoms. The highest BCUT2D eigenvalue weighted by Gasteiger charge is 2.13. The van der Waals surface area contributed by atoms with Crippen LogP contribution < -0.4 is 0 Å². The predicted molar refractivity (Wildman–Crippen MR) is 201 cm³/mol. The molecule has 3 heteroatoms. The molecule has 0 aliphatic heterocycles. The first-order valence-corrected chi connectivity index (χ1v) is 16.2. The summed E-state index contributed by atoms with van der Waals surface area (Å²) in [6.07, 6.45) is 3.60. The molecule has 2 aromatic heterocycles. The van der Waals surface area contributed by atoms with Crippen molar-refractivity contribution in [2.45, 2.75) is 0 Å². The van der Waals surface area contributed by atoms with Crippen LogP contribution in [0.5, 0.6) is 0 Å². The molecule has 0 atom stereocenters. The molecule has 9 aromatic rings. The first kappa shape index (κ1) is 27.8. The Morgan fingerprint density at radius 1 is 0.292 bits per heavy atom. The summed E-state index contributed by atoms with van der Waals surface area (Å²) in [5, 5.41) is 12.0.